The second-order valence-electron chi connectivity index (χ2n) is 3.53. The average Bonchev–Trinajstić information content (AvgIpc) is 2.24. The van der Waals surface area contributed by atoms with Crippen LogP contribution in [0.4, 0.5) is 11.6 Å². The first-order chi connectivity index (χ1) is 8.01. The molecule has 1 rings (SSSR count). The molecule has 1 aromatic heterocycles. The quantitative estimate of drug-likeness (QED) is 0.619. The molecule has 0 aliphatic heterocycles. The predicted octanol–water partition coefficient (Wildman–Crippen LogP) is 0.474. The minimum absolute atomic E-state index is 0.339. The van der Waals surface area contributed by atoms with Crippen LogP contribution in [0.15, 0.2) is 18.2 Å². The molecule has 0 aromatic carbocycles. The molecule has 6 nitrogen and oxygen atoms in total. The van der Waals surface area contributed by atoms with Crippen molar-refractivity contribution in [3.8, 4) is 0 Å². The van der Waals surface area contributed by atoms with Crippen LogP contribution in [0.3, 0.4) is 0 Å². The minimum Gasteiger partial charge on any atom is -0.370 e. The molecule has 17 heavy (non-hydrogen) atoms. The Labute approximate surface area is 102 Å². The third-order valence-corrected chi connectivity index (χ3v) is 2.63. The zero-order valence-corrected chi connectivity index (χ0v) is 10.8. The summed E-state index contributed by atoms with van der Waals surface area (Å²) in [6, 6.07) is 5.60. The fourth-order valence-electron chi connectivity index (χ4n) is 1.24. The topological polar surface area (TPSA) is 83.1 Å². The van der Waals surface area contributed by atoms with Gasteiger partial charge < -0.3 is 10.6 Å². The Balaban J connectivity index is 2.38. The maximum absolute atomic E-state index is 10.8. The number of sulfonamides is 1. The van der Waals surface area contributed by atoms with Gasteiger partial charge in [-0.1, -0.05) is 6.07 Å². The van der Waals surface area contributed by atoms with Crippen molar-refractivity contribution in [1.29, 1.82) is 0 Å². The van der Waals surface area contributed by atoms with E-state index in [2.05, 4.69) is 20.3 Å². The normalized spacial score (nSPS) is 11.2. The molecule has 7 heteroatoms. The fraction of sp³-hybridized carbons (Fsp3) is 0.500. The molecule has 0 bridgehead atoms. The van der Waals surface area contributed by atoms with Gasteiger partial charge in [-0.2, -0.15) is 0 Å². The number of nitrogens with zero attached hydrogens (tertiary/aromatic N) is 1. The maximum Gasteiger partial charge on any atom is 0.208 e. The molecule has 0 spiro atoms. The molecule has 0 radical (unpaired) electrons. The van der Waals surface area contributed by atoms with Gasteiger partial charge in [0.05, 0.1) is 6.26 Å². The van der Waals surface area contributed by atoms with E-state index in [9.17, 15) is 8.42 Å². The Bertz CT molecular complexity index is 447. The average molecular weight is 258 g/mol. The van der Waals surface area contributed by atoms with Crippen LogP contribution >= 0.6 is 0 Å². The van der Waals surface area contributed by atoms with Gasteiger partial charge in [0.15, 0.2) is 0 Å². The molecule has 0 saturated heterocycles. The Morgan fingerprint density at radius 2 is 1.82 bits per heavy atom. The SMILES string of the molecule is CCNc1cccc(NCCNS(C)(=O)=O)n1. The number of anilines is 2. The molecular formula is C10H18N4O2S. The van der Waals surface area contributed by atoms with E-state index in [4.69, 9.17) is 0 Å². The van der Waals surface area contributed by atoms with Crippen LogP contribution in [0, 0.1) is 0 Å². The number of hydrogen-bond acceptors (Lipinski definition) is 5. The molecule has 0 aliphatic carbocycles. The van der Waals surface area contributed by atoms with Crippen LogP contribution in [0.5, 0.6) is 0 Å². The maximum atomic E-state index is 10.8. The summed E-state index contributed by atoms with van der Waals surface area (Å²) in [4.78, 5) is 4.30. The van der Waals surface area contributed by atoms with Crippen molar-refractivity contribution in [2.45, 2.75) is 6.92 Å². The first-order valence-corrected chi connectivity index (χ1v) is 7.30. The lowest BCUT2D eigenvalue weighted by Gasteiger charge is -2.08. The summed E-state index contributed by atoms with van der Waals surface area (Å²) in [5.74, 6) is 1.52. The molecule has 1 aromatic rings. The van der Waals surface area contributed by atoms with Crippen LogP contribution in [0.1, 0.15) is 6.92 Å². The number of aromatic nitrogens is 1. The van der Waals surface area contributed by atoms with Crippen molar-refractivity contribution >= 4 is 21.7 Å². The number of hydrogen-bond donors (Lipinski definition) is 3. The fourth-order valence-corrected chi connectivity index (χ4v) is 1.71. The van der Waals surface area contributed by atoms with Gasteiger partial charge in [0.25, 0.3) is 0 Å². The van der Waals surface area contributed by atoms with Crippen molar-refractivity contribution in [2.24, 2.45) is 0 Å². The zero-order valence-electron chi connectivity index (χ0n) is 10.0. The monoisotopic (exact) mass is 258 g/mol. The largest absolute Gasteiger partial charge is 0.370 e. The van der Waals surface area contributed by atoms with Crippen molar-refractivity contribution in [3.63, 3.8) is 0 Å². The Hall–Kier alpha value is -1.34. The van der Waals surface area contributed by atoms with Crippen molar-refractivity contribution in [2.75, 3.05) is 36.5 Å². The second kappa shape index (κ2) is 6.41. The molecule has 0 unspecified atom stereocenters. The molecular weight excluding hydrogens is 240 g/mol. The highest BCUT2D eigenvalue weighted by molar-refractivity contribution is 7.88. The number of nitrogens with one attached hydrogen (secondary N) is 3. The van der Waals surface area contributed by atoms with E-state index in [0.717, 1.165) is 24.4 Å². The summed E-state index contributed by atoms with van der Waals surface area (Å²) in [5.41, 5.74) is 0. The van der Waals surface area contributed by atoms with Crippen molar-refractivity contribution in [3.05, 3.63) is 18.2 Å². The zero-order chi connectivity index (χ0) is 12.7. The van der Waals surface area contributed by atoms with Gasteiger partial charge in [-0.25, -0.2) is 18.1 Å². The highest BCUT2D eigenvalue weighted by Gasteiger charge is 1.99. The van der Waals surface area contributed by atoms with Gasteiger partial charge in [-0.15, -0.1) is 0 Å². The predicted molar refractivity (Wildman–Crippen MR) is 69.7 cm³/mol. The van der Waals surface area contributed by atoms with Crippen LogP contribution < -0.4 is 15.4 Å². The molecule has 96 valence electrons. The van der Waals surface area contributed by atoms with Crippen LogP contribution in [-0.2, 0) is 10.0 Å². The minimum atomic E-state index is -3.12. The number of rotatable bonds is 7. The summed E-state index contributed by atoms with van der Waals surface area (Å²) < 4.78 is 24.0. The summed E-state index contributed by atoms with van der Waals surface area (Å²) >= 11 is 0. The summed E-state index contributed by atoms with van der Waals surface area (Å²) in [7, 11) is -3.12. The van der Waals surface area contributed by atoms with Gasteiger partial charge in [0, 0.05) is 19.6 Å². The smallest absolute Gasteiger partial charge is 0.208 e. The Kier molecular flexibility index (Phi) is 5.17. The van der Waals surface area contributed by atoms with E-state index in [0.29, 0.717) is 13.1 Å². The second-order valence-corrected chi connectivity index (χ2v) is 5.36. The summed E-state index contributed by atoms with van der Waals surface area (Å²) in [6.45, 7) is 3.64. The molecule has 0 saturated carbocycles. The number of pyridine rings is 1. The van der Waals surface area contributed by atoms with Crippen molar-refractivity contribution in [1.82, 2.24) is 9.71 Å². The Morgan fingerprint density at radius 3 is 2.41 bits per heavy atom. The molecule has 0 atom stereocenters. The van der Waals surface area contributed by atoms with Gasteiger partial charge in [0.1, 0.15) is 11.6 Å². The lowest BCUT2D eigenvalue weighted by atomic mass is 10.4. The van der Waals surface area contributed by atoms with E-state index in [-0.39, 0.29) is 0 Å². The highest BCUT2D eigenvalue weighted by atomic mass is 32.2. The third kappa shape index (κ3) is 6.08. The molecule has 0 fully saturated rings. The van der Waals surface area contributed by atoms with E-state index in [1.807, 2.05) is 25.1 Å². The molecule has 3 N–H and O–H groups in total. The standard InChI is InChI=1S/C10H18N4O2S/c1-3-11-9-5-4-6-10(14-9)12-7-8-13-17(2,15)16/h4-6,13H,3,7-8H2,1-2H3,(H2,11,12,14). The Morgan fingerprint density at radius 1 is 1.18 bits per heavy atom. The van der Waals surface area contributed by atoms with E-state index in [1.165, 1.54) is 0 Å². The lowest BCUT2D eigenvalue weighted by molar-refractivity contribution is 0.589. The molecule has 0 amide bonds. The van der Waals surface area contributed by atoms with Crippen LogP contribution in [0.25, 0.3) is 0 Å². The first kappa shape index (κ1) is 13.7. The lowest BCUT2D eigenvalue weighted by Crippen LogP contribution is -2.27. The first-order valence-electron chi connectivity index (χ1n) is 5.40. The van der Waals surface area contributed by atoms with E-state index >= 15 is 0 Å². The highest BCUT2D eigenvalue weighted by Crippen LogP contribution is 2.07. The van der Waals surface area contributed by atoms with Crippen molar-refractivity contribution < 1.29 is 8.42 Å². The van der Waals surface area contributed by atoms with Gasteiger partial charge in [-0.05, 0) is 19.1 Å². The summed E-state index contributed by atoms with van der Waals surface area (Å²) in [6.07, 6.45) is 1.14. The van der Waals surface area contributed by atoms with Gasteiger partial charge in [0.2, 0.25) is 10.0 Å². The van der Waals surface area contributed by atoms with Crippen LogP contribution in [0.2, 0.25) is 0 Å². The van der Waals surface area contributed by atoms with Gasteiger partial charge >= 0.3 is 0 Å². The third-order valence-electron chi connectivity index (χ3n) is 1.90. The van der Waals surface area contributed by atoms with E-state index < -0.39 is 10.0 Å². The molecule has 1 heterocycles. The molecule has 0 aliphatic rings. The van der Waals surface area contributed by atoms with Crippen LogP contribution in [-0.4, -0.2) is 39.3 Å². The van der Waals surface area contributed by atoms with E-state index in [1.54, 1.807) is 0 Å². The summed E-state index contributed by atoms with van der Waals surface area (Å²) in [5, 5.41) is 6.14. The van der Waals surface area contributed by atoms with Gasteiger partial charge in [-0.3, -0.25) is 0 Å².